The van der Waals surface area contributed by atoms with Crippen LogP contribution >= 0.6 is 11.3 Å². The van der Waals surface area contributed by atoms with Gasteiger partial charge in [0.1, 0.15) is 12.5 Å². The van der Waals surface area contributed by atoms with Crippen LogP contribution in [0, 0.1) is 0 Å². The predicted octanol–water partition coefficient (Wildman–Crippen LogP) is 6.17. The van der Waals surface area contributed by atoms with Gasteiger partial charge in [0, 0.05) is 35.8 Å². The van der Waals surface area contributed by atoms with Crippen LogP contribution in [0.1, 0.15) is 80.8 Å². The zero-order valence-corrected chi connectivity index (χ0v) is 22.0. The number of hydrogen-bond donors (Lipinski definition) is 2. The molecule has 2 atom stereocenters. The lowest BCUT2D eigenvalue weighted by atomic mass is 9.84. The topological polar surface area (TPSA) is 55.9 Å². The third-order valence-corrected chi connectivity index (χ3v) is 9.58. The van der Waals surface area contributed by atoms with Crippen molar-refractivity contribution < 1.29 is 13.5 Å². The van der Waals surface area contributed by atoms with Crippen molar-refractivity contribution in [2.45, 2.75) is 89.6 Å². The third-order valence-electron chi connectivity index (χ3n) is 8.25. The summed E-state index contributed by atoms with van der Waals surface area (Å²) in [4.78, 5) is 7.62. The van der Waals surface area contributed by atoms with Gasteiger partial charge < -0.3 is 15.0 Å². The van der Waals surface area contributed by atoms with Crippen molar-refractivity contribution >= 4 is 33.5 Å². The van der Waals surface area contributed by atoms with E-state index in [2.05, 4.69) is 59.4 Å². The van der Waals surface area contributed by atoms with Gasteiger partial charge in [0.15, 0.2) is 0 Å². The monoisotopic (exact) mass is 515 g/mol. The number of aromatic amines is 1. The van der Waals surface area contributed by atoms with E-state index in [1.54, 1.807) is 6.34 Å². The molecule has 6 rings (SSSR count). The predicted molar refractivity (Wildman–Crippen MR) is 141 cm³/mol. The first-order valence-electron chi connectivity index (χ1n) is 13.2. The molecule has 2 N–H and O–H groups in total. The number of alkyl halides is 2. The van der Waals surface area contributed by atoms with Crippen LogP contribution in [0.15, 0.2) is 29.0 Å². The van der Waals surface area contributed by atoms with Gasteiger partial charge in [-0.05, 0) is 74.1 Å². The Bertz CT molecular complexity index is 1210. The van der Waals surface area contributed by atoms with Gasteiger partial charge in [-0.2, -0.15) is 13.9 Å². The number of rotatable bonds is 6. The lowest BCUT2D eigenvalue weighted by Gasteiger charge is -2.34. The molecule has 0 amide bonds. The maximum absolute atomic E-state index is 12.6. The van der Waals surface area contributed by atoms with Gasteiger partial charge in [0.2, 0.25) is 0 Å². The van der Waals surface area contributed by atoms with Crippen LogP contribution < -0.4 is 5.32 Å². The third kappa shape index (κ3) is 4.39. The molecule has 0 spiro atoms. The molecule has 4 aliphatic rings. The second kappa shape index (κ2) is 9.58. The maximum atomic E-state index is 12.6. The Morgan fingerprint density at radius 3 is 2.72 bits per heavy atom. The van der Waals surface area contributed by atoms with Crippen molar-refractivity contribution in [3.63, 3.8) is 0 Å². The summed E-state index contributed by atoms with van der Waals surface area (Å²) in [6.07, 6.45) is 11.2. The highest BCUT2D eigenvalue weighted by Gasteiger charge is 2.34. The minimum Gasteiger partial charge on any atom is -0.354 e. The van der Waals surface area contributed by atoms with Gasteiger partial charge in [-0.25, -0.2) is 5.01 Å². The Balaban J connectivity index is 1.18. The number of allylic oxidation sites excluding steroid dienone is 2. The van der Waals surface area contributed by atoms with Crippen LogP contribution in [0.5, 0.6) is 0 Å². The number of nitrogens with one attached hydrogen (secondary N) is 2. The number of likely N-dealkylation sites (tertiary alicyclic amines) is 1. The average molecular weight is 516 g/mol. The first-order chi connectivity index (χ1) is 17.4. The minimum absolute atomic E-state index is 0.123. The summed E-state index contributed by atoms with van der Waals surface area (Å²) >= 11 is 1.95. The SMILES string of the molecule is CC1=CC(c2[nH]c3cc(C4CCC(N5CCC(OC(F)F)C5)CC4)sc3c2C(C)C)=CN2N=CNC12. The van der Waals surface area contributed by atoms with Crippen LogP contribution in [0.3, 0.4) is 0 Å². The molecule has 3 aliphatic heterocycles. The average Bonchev–Trinajstić information content (AvgIpc) is 3.61. The van der Waals surface area contributed by atoms with Crippen LogP contribution in [-0.2, 0) is 4.74 Å². The number of H-pyrrole nitrogens is 1. The first-order valence-corrected chi connectivity index (χ1v) is 14.0. The van der Waals surface area contributed by atoms with Gasteiger partial charge in [-0.15, -0.1) is 11.3 Å². The number of aromatic nitrogens is 1. The second-order valence-corrected chi connectivity index (χ2v) is 12.0. The zero-order valence-electron chi connectivity index (χ0n) is 21.1. The van der Waals surface area contributed by atoms with Crippen LogP contribution in [0.2, 0.25) is 0 Å². The van der Waals surface area contributed by atoms with E-state index in [1.165, 1.54) is 37.5 Å². The van der Waals surface area contributed by atoms with E-state index >= 15 is 0 Å². The van der Waals surface area contributed by atoms with Gasteiger partial charge in [-0.3, -0.25) is 4.90 Å². The van der Waals surface area contributed by atoms with E-state index < -0.39 is 6.61 Å². The molecule has 1 aliphatic carbocycles. The van der Waals surface area contributed by atoms with E-state index in [-0.39, 0.29) is 12.3 Å². The molecule has 6 nitrogen and oxygen atoms in total. The summed E-state index contributed by atoms with van der Waals surface area (Å²) in [5.41, 5.74) is 6.26. The number of nitrogens with zero attached hydrogens (tertiary/aromatic N) is 3. The molecule has 5 heterocycles. The largest absolute Gasteiger partial charge is 0.354 e. The standard InChI is InChI=1S/C27H35F2N5OS/c1-15(2)23-24(18-10-16(3)26-30-14-31-34(26)12-18)32-21-11-22(36-25(21)23)17-4-6-19(7-5-17)33-9-8-20(13-33)35-27(28)29/h10-12,14-15,17,19-20,26-27,32H,4-9,13H2,1-3H3,(H,30,31). The number of thiophene rings is 1. The molecule has 2 aromatic heterocycles. The summed E-state index contributed by atoms with van der Waals surface area (Å²) in [6, 6.07) is 2.87. The molecule has 0 bridgehead atoms. The van der Waals surface area contributed by atoms with Crippen molar-refractivity contribution in [1.29, 1.82) is 0 Å². The van der Waals surface area contributed by atoms with Crippen LogP contribution in [0.25, 0.3) is 15.8 Å². The van der Waals surface area contributed by atoms with E-state index in [4.69, 9.17) is 4.74 Å². The molecule has 194 valence electrons. The number of halogens is 2. The zero-order chi connectivity index (χ0) is 25.0. The normalized spacial score (nSPS) is 28.8. The Hall–Kier alpha value is -2.23. The second-order valence-electron chi connectivity index (χ2n) is 10.9. The van der Waals surface area contributed by atoms with Crippen molar-refractivity contribution in [3.8, 4) is 0 Å². The minimum atomic E-state index is -2.66. The summed E-state index contributed by atoms with van der Waals surface area (Å²) in [5.74, 6) is 0.982. The lowest BCUT2D eigenvalue weighted by Crippen LogP contribution is -2.37. The Morgan fingerprint density at radius 2 is 1.97 bits per heavy atom. The number of fused-ring (bicyclic) bond motifs is 2. The Kier molecular flexibility index (Phi) is 6.42. The van der Waals surface area contributed by atoms with Crippen LogP contribution in [-0.4, -0.2) is 59.2 Å². The summed E-state index contributed by atoms with van der Waals surface area (Å²) < 4.78 is 31.3. The quantitative estimate of drug-likeness (QED) is 0.483. The van der Waals surface area contributed by atoms with Crippen molar-refractivity contribution in [2.24, 2.45) is 5.10 Å². The molecule has 2 unspecified atom stereocenters. The van der Waals surface area contributed by atoms with Crippen molar-refractivity contribution in [3.05, 3.63) is 40.0 Å². The smallest absolute Gasteiger partial charge is 0.345 e. The van der Waals surface area contributed by atoms with Gasteiger partial charge in [0.25, 0.3) is 0 Å². The fourth-order valence-corrected chi connectivity index (χ4v) is 7.95. The van der Waals surface area contributed by atoms with E-state index in [0.29, 0.717) is 30.8 Å². The van der Waals surface area contributed by atoms with E-state index in [1.807, 2.05) is 16.3 Å². The summed E-state index contributed by atoms with van der Waals surface area (Å²) in [7, 11) is 0. The van der Waals surface area contributed by atoms with Crippen molar-refractivity contribution in [2.75, 3.05) is 13.1 Å². The van der Waals surface area contributed by atoms with Crippen LogP contribution in [0.4, 0.5) is 8.78 Å². The van der Waals surface area contributed by atoms with Gasteiger partial charge in [0.05, 0.1) is 22.0 Å². The van der Waals surface area contributed by atoms with Gasteiger partial charge >= 0.3 is 6.61 Å². The molecule has 1 saturated carbocycles. The fourth-order valence-electron chi connectivity index (χ4n) is 6.47. The Labute approximate surface area is 215 Å². The number of hydrogen-bond acceptors (Lipinski definition) is 6. The van der Waals surface area contributed by atoms with E-state index in [0.717, 1.165) is 32.2 Å². The highest BCUT2D eigenvalue weighted by atomic mass is 32.1. The number of ether oxygens (including phenoxy) is 1. The number of hydrazone groups is 1. The van der Waals surface area contributed by atoms with Crippen molar-refractivity contribution in [1.82, 2.24) is 20.2 Å². The summed E-state index contributed by atoms with van der Waals surface area (Å²) in [5, 5.41) is 9.73. The van der Waals surface area contributed by atoms with E-state index in [9.17, 15) is 8.78 Å². The maximum Gasteiger partial charge on any atom is 0.345 e. The molecule has 36 heavy (non-hydrogen) atoms. The Morgan fingerprint density at radius 1 is 1.17 bits per heavy atom. The molecular weight excluding hydrogens is 480 g/mol. The summed E-state index contributed by atoms with van der Waals surface area (Å²) in [6.45, 7) is 5.55. The molecule has 9 heteroatoms. The molecule has 0 aromatic carbocycles. The lowest BCUT2D eigenvalue weighted by molar-refractivity contribution is -0.159. The van der Waals surface area contributed by atoms with Gasteiger partial charge in [-0.1, -0.05) is 13.8 Å². The highest BCUT2D eigenvalue weighted by Crippen LogP contribution is 2.45. The molecule has 1 saturated heterocycles. The highest BCUT2D eigenvalue weighted by molar-refractivity contribution is 7.19. The molecular formula is C27H35F2N5OS. The molecule has 2 aromatic rings. The molecule has 2 fully saturated rings. The first kappa shape index (κ1) is 24.1. The fraction of sp³-hybridized carbons (Fsp3) is 0.593. The molecule has 0 radical (unpaired) electrons.